The molecule has 0 amide bonds. The maximum atomic E-state index is 12.5. The normalized spacial score (nSPS) is 16.2. The fraction of sp³-hybridized carbons (Fsp3) is 0.455. The van der Waals surface area contributed by atoms with Crippen LogP contribution < -0.4 is 0 Å². The number of carbonyl (C=O) groups is 1. The molecule has 0 aliphatic heterocycles. The highest BCUT2D eigenvalue weighted by Gasteiger charge is 2.32. The zero-order valence-electron chi connectivity index (χ0n) is 17.3. The number of rotatable bonds is 0. The van der Waals surface area contributed by atoms with Gasteiger partial charge in [0, 0.05) is 11.8 Å². The largest absolute Gasteiger partial charge is 0.287 e. The molecule has 2 aromatic rings. The lowest BCUT2D eigenvalue weighted by molar-refractivity contribution is 0.103. The number of aromatic nitrogens is 1. The standard InChI is InChI=1S/C14H9Br2NO.4C2H6/c15-11-8-4-1-2-5-9(8)14(18)13-10(12(11)16)6-3-7-17-13;4*1-2/h1-7,11-12H;4*1-2H3. The summed E-state index contributed by atoms with van der Waals surface area (Å²) in [6.45, 7) is 16.0. The van der Waals surface area contributed by atoms with E-state index in [2.05, 4.69) is 36.8 Å². The molecule has 0 saturated carbocycles. The second-order valence-electron chi connectivity index (χ2n) is 4.16. The van der Waals surface area contributed by atoms with Crippen molar-refractivity contribution in [3.8, 4) is 0 Å². The number of ketones is 1. The zero-order valence-corrected chi connectivity index (χ0v) is 20.5. The van der Waals surface area contributed by atoms with Crippen molar-refractivity contribution in [3.05, 3.63) is 65.0 Å². The number of pyridine rings is 1. The minimum Gasteiger partial charge on any atom is -0.287 e. The molecule has 26 heavy (non-hydrogen) atoms. The summed E-state index contributed by atoms with van der Waals surface area (Å²) in [7, 11) is 0. The molecule has 0 N–H and O–H groups in total. The van der Waals surface area contributed by atoms with Crippen molar-refractivity contribution >= 4 is 37.6 Å². The summed E-state index contributed by atoms with van der Waals surface area (Å²) in [5.74, 6) is -0.00685. The second-order valence-corrected chi connectivity index (χ2v) is 6.13. The first-order chi connectivity index (χ1) is 12.7. The highest BCUT2D eigenvalue weighted by atomic mass is 79.9. The topological polar surface area (TPSA) is 30.0 Å². The van der Waals surface area contributed by atoms with Gasteiger partial charge in [-0.05, 0) is 17.2 Å². The van der Waals surface area contributed by atoms with Gasteiger partial charge in [-0.3, -0.25) is 9.78 Å². The van der Waals surface area contributed by atoms with Crippen LogP contribution in [0.15, 0.2) is 42.6 Å². The number of hydrogen-bond acceptors (Lipinski definition) is 2. The fourth-order valence-electron chi connectivity index (χ4n) is 2.22. The van der Waals surface area contributed by atoms with Gasteiger partial charge in [-0.2, -0.15) is 0 Å². The van der Waals surface area contributed by atoms with Crippen LogP contribution in [0.2, 0.25) is 0 Å². The SMILES string of the molecule is CC.CC.CC.CC.O=C1c2ccccc2C(Br)C(Br)c2cccnc21. The average Bonchev–Trinajstić information content (AvgIpc) is 2.84. The summed E-state index contributed by atoms with van der Waals surface area (Å²) < 4.78 is 0. The van der Waals surface area contributed by atoms with Gasteiger partial charge in [-0.15, -0.1) is 0 Å². The minimum atomic E-state index is -0.00685. The molecule has 0 spiro atoms. The molecule has 0 bridgehead atoms. The van der Waals surface area contributed by atoms with E-state index in [1.54, 1.807) is 6.20 Å². The molecular weight excluding hydrogens is 454 g/mol. The van der Waals surface area contributed by atoms with E-state index < -0.39 is 0 Å². The van der Waals surface area contributed by atoms with E-state index in [1.807, 2.05) is 91.8 Å². The minimum absolute atomic E-state index is 0.00685. The molecule has 1 heterocycles. The summed E-state index contributed by atoms with van der Waals surface area (Å²) in [6.07, 6.45) is 1.66. The van der Waals surface area contributed by atoms with Crippen LogP contribution in [0.5, 0.6) is 0 Å². The quantitative estimate of drug-likeness (QED) is 0.350. The molecule has 1 aliphatic carbocycles. The summed E-state index contributed by atoms with van der Waals surface area (Å²) in [6, 6.07) is 11.5. The van der Waals surface area contributed by atoms with Crippen LogP contribution in [-0.4, -0.2) is 10.8 Å². The fourth-order valence-corrected chi connectivity index (χ4v) is 3.56. The summed E-state index contributed by atoms with van der Waals surface area (Å²) in [5.41, 5.74) is 3.19. The Labute approximate surface area is 177 Å². The van der Waals surface area contributed by atoms with Crippen LogP contribution in [-0.2, 0) is 0 Å². The predicted molar refractivity (Wildman–Crippen MR) is 123 cm³/mol. The van der Waals surface area contributed by atoms with Crippen molar-refractivity contribution in [3.63, 3.8) is 0 Å². The first-order valence-corrected chi connectivity index (χ1v) is 11.4. The number of alkyl halides is 2. The Hall–Kier alpha value is -1.00. The van der Waals surface area contributed by atoms with Crippen molar-refractivity contribution in [2.24, 2.45) is 0 Å². The monoisotopic (exact) mass is 485 g/mol. The molecule has 2 nitrogen and oxygen atoms in total. The molecule has 1 aromatic carbocycles. The predicted octanol–water partition coefficient (Wildman–Crippen LogP) is 8.30. The number of carbonyl (C=O) groups excluding carboxylic acids is 1. The number of benzene rings is 1. The van der Waals surface area contributed by atoms with Crippen LogP contribution in [0.1, 0.15) is 92.2 Å². The first-order valence-electron chi connectivity index (χ1n) is 9.57. The lowest BCUT2D eigenvalue weighted by Gasteiger charge is -2.16. The van der Waals surface area contributed by atoms with E-state index in [1.165, 1.54) is 0 Å². The van der Waals surface area contributed by atoms with E-state index in [4.69, 9.17) is 0 Å². The molecule has 4 heteroatoms. The molecule has 2 atom stereocenters. The molecule has 3 rings (SSSR count). The van der Waals surface area contributed by atoms with Crippen LogP contribution in [0, 0.1) is 0 Å². The Morgan fingerprint density at radius 1 is 0.731 bits per heavy atom. The van der Waals surface area contributed by atoms with Gasteiger partial charge in [0.05, 0.1) is 9.65 Å². The Morgan fingerprint density at radius 3 is 1.77 bits per heavy atom. The Bertz CT molecular complexity index is 576. The Kier molecular flexibility index (Phi) is 17.0. The Balaban J connectivity index is 0. The third-order valence-corrected chi connectivity index (χ3v) is 5.86. The number of nitrogens with zero attached hydrogens (tertiary/aromatic N) is 1. The van der Waals surface area contributed by atoms with Gasteiger partial charge in [0.1, 0.15) is 5.69 Å². The van der Waals surface area contributed by atoms with Crippen molar-refractivity contribution in [2.45, 2.75) is 65.0 Å². The molecule has 1 aromatic heterocycles. The highest BCUT2D eigenvalue weighted by molar-refractivity contribution is 9.12. The molecule has 0 fully saturated rings. The van der Waals surface area contributed by atoms with E-state index in [0.29, 0.717) is 5.69 Å². The van der Waals surface area contributed by atoms with E-state index in [9.17, 15) is 4.79 Å². The van der Waals surface area contributed by atoms with Gasteiger partial charge in [0.2, 0.25) is 5.78 Å². The van der Waals surface area contributed by atoms with Crippen molar-refractivity contribution < 1.29 is 4.79 Å². The molecule has 1 aliphatic rings. The van der Waals surface area contributed by atoms with Crippen LogP contribution in [0.3, 0.4) is 0 Å². The van der Waals surface area contributed by atoms with Gasteiger partial charge in [-0.1, -0.05) is 118 Å². The van der Waals surface area contributed by atoms with E-state index in [-0.39, 0.29) is 15.4 Å². The lowest BCUT2D eigenvalue weighted by atomic mass is 10.0. The number of halogens is 2. The molecular formula is C22H33Br2NO. The first kappa shape index (κ1) is 27.2. The highest BCUT2D eigenvalue weighted by Crippen LogP contribution is 2.46. The smallest absolute Gasteiger partial charge is 0.211 e. The maximum Gasteiger partial charge on any atom is 0.211 e. The maximum absolute atomic E-state index is 12.5. The zero-order chi connectivity index (χ0) is 20.7. The molecule has 0 radical (unpaired) electrons. The van der Waals surface area contributed by atoms with Gasteiger partial charge in [0.15, 0.2) is 0 Å². The Morgan fingerprint density at radius 2 is 1.19 bits per heavy atom. The van der Waals surface area contributed by atoms with Gasteiger partial charge < -0.3 is 0 Å². The molecule has 2 unspecified atom stereocenters. The third-order valence-electron chi connectivity index (χ3n) is 3.11. The van der Waals surface area contributed by atoms with Gasteiger partial charge >= 0.3 is 0 Å². The second kappa shape index (κ2) is 16.2. The van der Waals surface area contributed by atoms with Crippen molar-refractivity contribution in [2.75, 3.05) is 0 Å². The molecule has 146 valence electrons. The van der Waals surface area contributed by atoms with Gasteiger partial charge in [-0.25, -0.2) is 0 Å². The van der Waals surface area contributed by atoms with E-state index in [0.717, 1.165) is 16.7 Å². The van der Waals surface area contributed by atoms with Crippen molar-refractivity contribution in [1.82, 2.24) is 4.98 Å². The van der Waals surface area contributed by atoms with Crippen molar-refractivity contribution in [1.29, 1.82) is 0 Å². The molecule has 0 saturated heterocycles. The third kappa shape index (κ3) is 6.62. The van der Waals surface area contributed by atoms with Crippen LogP contribution >= 0.6 is 31.9 Å². The number of hydrogen-bond donors (Lipinski definition) is 0. The number of fused-ring (bicyclic) bond motifs is 2. The van der Waals surface area contributed by atoms with E-state index >= 15 is 0 Å². The summed E-state index contributed by atoms with van der Waals surface area (Å²) >= 11 is 7.33. The summed E-state index contributed by atoms with van der Waals surface area (Å²) in [5, 5.41) is 0. The average molecular weight is 487 g/mol. The van der Waals surface area contributed by atoms with Crippen LogP contribution in [0.25, 0.3) is 0 Å². The van der Waals surface area contributed by atoms with Gasteiger partial charge in [0.25, 0.3) is 0 Å². The van der Waals surface area contributed by atoms with Crippen LogP contribution in [0.4, 0.5) is 0 Å². The summed E-state index contributed by atoms with van der Waals surface area (Å²) in [4.78, 5) is 16.9. The lowest BCUT2D eigenvalue weighted by Crippen LogP contribution is -2.06.